The second kappa shape index (κ2) is 6.27. The van der Waals surface area contributed by atoms with E-state index in [0.717, 1.165) is 24.1 Å². The summed E-state index contributed by atoms with van der Waals surface area (Å²) in [5.41, 5.74) is 1.73. The molecule has 1 aromatic heterocycles. The summed E-state index contributed by atoms with van der Waals surface area (Å²) in [6.07, 6.45) is 3.64. The van der Waals surface area contributed by atoms with Crippen LogP contribution in [0.3, 0.4) is 0 Å². The number of benzene rings is 1. The second-order valence-electron chi connectivity index (χ2n) is 5.38. The lowest BCUT2D eigenvalue weighted by Crippen LogP contribution is -2.27. The molecule has 114 valence electrons. The predicted octanol–water partition coefficient (Wildman–Crippen LogP) is 3.04. The molecule has 0 atom stereocenters. The Balaban J connectivity index is 1.73. The van der Waals surface area contributed by atoms with Gasteiger partial charge in [-0.05, 0) is 30.5 Å². The molecule has 2 aromatic rings. The summed E-state index contributed by atoms with van der Waals surface area (Å²) < 4.78 is 0. The molecule has 2 amide bonds. The third kappa shape index (κ3) is 3.51. The van der Waals surface area contributed by atoms with E-state index < -0.39 is 0 Å². The van der Waals surface area contributed by atoms with E-state index in [1.54, 1.807) is 11.1 Å². The van der Waals surface area contributed by atoms with Crippen molar-refractivity contribution in [3.8, 4) is 0 Å². The van der Waals surface area contributed by atoms with Gasteiger partial charge in [-0.25, -0.2) is 4.98 Å². The largest absolute Gasteiger partial charge is 0.326 e. The zero-order valence-electron chi connectivity index (χ0n) is 12.3. The number of hydrogen-bond donors (Lipinski definition) is 1. The van der Waals surface area contributed by atoms with Crippen molar-refractivity contribution < 1.29 is 9.59 Å². The van der Waals surface area contributed by atoms with Gasteiger partial charge >= 0.3 is 0 Å². The van der Waals surface area contributed by atoms with E-state index in [4.69, 9.17) is 0 Å². The molecule has 0 unspecified atom stereocenters. The maximum Gasteiger partial charge on any atom is 0.227 e. The maximum atomic E-state index is 11.8. The van der Waals surface area contributed by atoms with Crippen LogP contribution in [0.25, 0.3) is 0 Å². The molecule has 1 aliphatic carbocycles. The minimum atomic E-state index is -0.0534. The highest BCUT2D eigenvalue weighted by atomic mass is 32.1. The Labute approximate surface area is 133 Å². The van der Waals surface area contributed by atoms with Crippen LogP contribution in [0.1, 0.15) is 25.3 Å². The number of hydrogen-bond acceptors (Lipinski definition) is 4. The quantitative estimate of drug-likeness (QED) is 0.922. The van der Waals surface area contributed by atoms with Crippen LogP contribution >= 0.6 is 11.3 Å². The van der Waals surface area contributed by atoms with E-state index in [0.29, 0.717) is 11.7 Å². The first-order valence-electron chi connectivity index (χ1n) is 7.21. The van der Waals surface area contributed by atoms with E-state index in [1.807, 2.05) is 29.6 Å². The molecule has 1 aliphatic rings. The van der Waals surface area contributed by atoms with Crippen molar-refractivity contribution in [3.63, 3.8) is 0 Å². The van der Waals surface area contributed by atoms with Gasteiger partial charge in [0.2, 0.25) is 11.8 Å². The molecule has 1 aromatic carbocycles. The Bertz CT molecular complexity index is 680. The third-order valence-electron chi connectivity index (χ3n) is 3.51. The normalized spacial score (nSPS) is 13.7. The van der Waals surface area contributed by atoms with Gasteiger partial charge in [0.05, 0.1) is 6.54 Å². The first-order valence-corrected chi connectivity index (χ1v) is 8.09. The number of nitrogens with one attached hydrogen (secondary N) is 1. The average Bonchev–Trinajstić information content (AvgIpc) is 3.21. The standard InChI is InChI=1S/C16H17N3O2S/c1-11(20)19(16-17-7-8-22-16)10-12-3-2-4-14(9-12)18-15(21)13-5-6-13/h2-4,7-9,13H,5-6,10H2,1H3,(H,18,21). The Morgan fingerprint density at radius 1 is 1.41 bits per heavy atom. The van der Waals surface area contributed by atoms with Crippen molar-refractivity contribution in [1.29, 1.82) is 0 Å². The van der Waals surface area contributed by atoms with Crippen LogP contribution < -0.4 is 10.2 Å². The van der Waals surface area contributed by atoms with Gasteiger partial charge in [0, 0.05) is 30.1 Å². The predicted molar refractivity (Wildman–Crippen MR) is 86.8 cm³/mol. The molecular formula is C16H17N3O2S. The maximum absolute atomic E-state index is 11.8. The van der Waals surface area contributed by atoms with Crippen LogP contribution in [0.15, 0.2) is 35.8 Å². The molecule has 6 heteroatoms. The van der Waals surface area contributed by atoms with Crippen LogP contribution in [0, 0.1) is 5.92 Å². The fourth-order valence-electron chi connectivity index (χ4n) is 2.18. The highest BCUT2D eigenvalue weighted by Gasteiger charge is 2.29. The molecule has 0 saturated heterocycles. The van der Waals surface area contributed by atoms with Gasteiger partial charge < -0.3 is 5.32 Å². The lowest BCUT2D eigenvalue weighted by Gasteiger charge is -2.18. The number of aromatic nitrogens is 1. The van der Waals surface area contributed by atoms with Crippen molar-refractivity contribution in [3.05, 3.63) is 41.4 Å². The lowest BCUT2D eigenvalue weighted by atomic mass is 10.2. The number of nitrogens with zero attached hydrogens (tertiary/aromatic N) is 2. The minimum absolute atomic E-state index is 0.0534. The first kappa shape index (κ1) is 14.7. The van der Waals surface area contributed by atoms with E-state index in [9.17, 15) is 9.59 Å². The van der Waals surface area contributed by atoms with Crippen LogP contribution in [-0.2, 0) is 16.1 Å². The highest BCUT2D eigenvalue weighted by molar-refractivity contribution is 7.13. The van der Waals surface area contributed by atoms with Crippen LogP contribution in [0.5, 0.6) is 0 Å². The summed E-state index contributed by atoms with van der Waals surface area (Å²) >= 11 is 1.43. The number of amides is 2. The van der Waals surface area contributed by atoms with Gasteiger partial charge in [-0.15, -0.1) is 11.3 Å². The molecule has 0 spiro atoms. The first-order chi connectivity index (χ1) is 10.6. The van der Waals surface area contributed by atoms with Crippen LogP contribution in [0.4, 0.5) is 10.8 Å². The molecule has 1 saturated carbocycles. The smallest absolute Gasteiger partial charge is 0.227 e. The van der Waals surface area contributed by atoms with Gasteiger partial charge in [0.25, 0.3) is 0 Å². The van der Waals surface area contributed by atoms with Crippen LogP contribution in [0.2, 0.25) is 0 Å². The summed E-state index contributed by atoms with van der Waals surface area (Å²) in [7, 11) is 0. The van der Waals surface area contributed by atoms with Crippen LogP contribution in [-0.4, -0.2) is 16.8 Å². The number of carbonyl (C=O) groups excluding carboxylic acids is 2. The zero-order valence-corrected chi connectivity index (χ0v) is 13.1. The zero-order chi connectivity index (χ0) is 15.5. The molecule has 1 heterocycles. The Morgan fingerprint density at radius 3 is 2.86 bits per heavy atom. The molecule has 0 bridgehead atoms. The van der Waals surface area contributed by atoms with Gasteiger partial charge in [0.15, 0.2) is 5.13 Å². The van der Waals surface area contributed by atoms with Crippen molar-refractivity contribution in [2.24, 2.45) is 5.92 Å². The summed E-state index contributed by atoms with van der Waals surface area (Å²) in [5, 5.41) is 5.45. The average molecular weight is 315 g/mol. The van der Waals surface area contributed by atoms with E-state index in [-0.39, 0.29) is 17.7 Å². The molecule has 0 radical (unpaired) electrons. The van der Waals surface area contributed by atoms with E-state index >= 15 is 0 Å². The van der Waals surface area contributed by atoms with Gasteiger partial charge in [0.1, 0.15) is 0 Å². The number of carbonyl (C=O) groups is 2. The topological polar surface area (TPSA) is 62.3 Å². The summed E-state index contributed by atoms with van der Waals surface area (Å²) in [6.45, 7) is 1.97. The third-order valence-corrected chi connectivity index (χ3v) is 4.31. The van der Waals surface area contributed by atoms with E-state index in [1.165, 1.54) is 18.3 Å². The number of thiazole rings is 1. The summed E-state index contributed by atoms with van der Waals surface area (Å²) in [5.74, 6) is 0.204. The number of anilines is 2. The molecular weight excluding hydrogens is 298 g/mol. The van der Waals surface area contributed by atoms with Gasteiger partial charge in [-0.2, -0.15) is 0 Å². The molecule has 1 fully saturated rings. The second-order valence-corrected chi connectivity index (χ2v) is 6.26. The Hall–Kier alpha value is -2.21. The van der Waals surface area contributed by atoms with Gasteiger partial charge in [-0.1, -0.05) is 12.1 Å². The SMILES string of the molecule is CC(=O)N(Cc1cccc(NC(=O)C2CC2)c1)c1nccs1. The Morgan fingerprint density at radius 2 is 2.23 bits per heavy atom. The summed E-state index contributed by atoms with van der Waals surface area (Å²) in [6, 6.07) is 7.60. The molecule has 1 N–H and O–H groups in total. The monoisotopic (exact) mass is 315 g/mol. The number of rotatable bonds is 5. The van der Waals surface area contributed by atoms with E-state index in [2.05, 4.69) is 10.3 Å². The Kier molecular flexibility index (Phi) is 4.20. The van der Waals surface area contributed by atoms with Crippen molar-refractivity contribution in [2.75, 3.05) is 10.2 Å². The minimum Gasteiger partial charge on any atom is -0.326 e. The van der Waals surface area contributed by atoms with Gasteiger partial charge in [-0.3, -0.25) is 14.5 Å². The molecule has 3 rings (SSSR count). The highest BCUT2D eigenvalue weighted by Crippen LogP contribution is 2.30. The van der Waals surface area contributed by atoms with Crippen molar-refractivity contribution in [1.82, 2.24) is 4.98 Å². The summed E-state index contributed by atoms with van der Waals surface area (Å²) in [4.78, 5) is 29.5. The lowest BCUT2D eigenvalue weighted by molar-refractivity contribution is -0.117. The fraction of sp³-hybridized carbons (Fsp3) is 0.312. The van der Waals surface area contributed by atoms with Crippen molar-refractivity contribution in [2.45, 2.75) is 26.3 Å². The molecule has 5 nitrogen and oxygen atoms in total. The molecule has 22 heavy (non-hydrogen) atoms. The molecule has 0 aliphatic heterocycles. The fourth-order valence-corrected chi connectivity index (χ4v) is 2.87. The van der Waals surface area contributed by atoms with Crippen molar-refractivity contribution >= 4 is 34.0 Å².